The Morgan fingerprint density at radius 1 is 1.36 bits per heavy atom. The maximum absolute atomic E-state index is 8.83. The molecular weight excluding hydrogens is 172 g/mol. The number of nitriles is 1. The zero-order valence-electron chi connectivity index (χ0n) is 10.3. The lowest BCUT2D eigenvalue weighted by atomic mass is 9.92. The quantitative estimate of drug-likeness (QED) is 0.676. The van der Waals surface area contributed by atoms with E-state index < -0.39 is 0 Å². The van der Waals surface area contributed by atoms with Crippen molar-refractivity contribution >= 4 is 0 Å². The van der Waals surface area contributed by atoms with E-state index in [0.29, 0.717) is 5.41 Å². The van der Waals surface area contributed by atoms with Gasteiger partial charge >= 0.3 is 0 Å². The van der Waals surface area contributed by atoms with Crippen molar-refractivity contribution < 1.29 is 0 Å². The second kappa shape index (κ2) is 6.03. The molecule has 0 aromatic carbocycles. The summed E-state index contributed by atoms with van der Waals surface area (Å²) in [5.74, 6) is 0.194. The highest BCUT2D eigenvalue weighted by atomic mass is 15.1. The van der Waals surface area contributed by atoms with Crippen LogP contribution in [0.2, 0.25) is 0 Å². The summed E-state index contributed by atoms with van der Waals surface area (Å²) in [7, 11) is 2.10. The topological polar surface area (TPSA) is 27.0 Å². The van der Waals surface area contributed by atoms with E-state index in [1.54, 1.807) is 0 Å². The van der Waals surface area contributed by atoms with Gasteiger partial charge in [-0.05, 0) is 31.8 Å². The normalized spacial score (nSPS) is 14.1. The molecule has 0 heterocycles. The largest absolute Gasteiger partial charge is 0.305 e. The molecule has 0 amide bonds. The molecule has 0 saturated heterocycles. The van der Waals surface area contributed by atoms with Crippen molar-refractivity contribution in [1.29, 1.82) is 5.26 Å². The molecule has 2 nitrogen and oxygen atoms in total. The third-order valence-electron chi connectivity index (χ3n) is 2.45. The first-order valence-electron chi connectivity index (χ1n) is 5.47. The Hall–Kier alpha value is -0.550. The number of rotatable bonds is 5. The van der Waals surface area contributed by atoms with Gasteiger partial charge in [0.25, 0.3) is 0 Å². The monoisotopic (exact) mass is 196 g/mol. The van der Waals surface area contributed by atoms with Crippen molar-refractivity contribution in [2.24, 2.45) is 11.3 Å². The van der Waals surface area contributed by atoms with E-state index in [-0.39, 0.29) is 5.92 Å². The van der Waals surface area contributed by atoms with Crippen molar-refractivity contribution in [3.63, 3.8) is 0 Å². The molecule has 0 spiro atoms. The van der Waals surface area contributed by atoms with Crippen LogP contribution in [0.4, 0.5) is 0 Å². The van der Waals surface area contributed by atoms with E-state index in [1.165, 1.54) is 6.42 Å². The van der Waals surface area contributed by atoms with E-state index >= 15 is 0 Å². The van der Waals surface area contributed by atoms with E-state index in [9.17, 15) is 0 Å². The van der Waals surface area contributed by atoms with Crippen LogP contribution in [0.1, 0.15) is 40.5 Å². The van der Waals surface area contributed by atoms with Crippen LogP contribution in [-0.2, 0) is 0 Å². The summed E-state index contributed by atoms with van der Waals surface area (Å²) in [6.45, 7) is 10.8. The molecule has 0 radical (unpaired) electrons. The highest BCUT2D eigenvalue weighted by Crippen LogP contribution is 2.18. The maximum Gasteiger partial charge on any atom is 0.0669 e. The molecule has 0 aliphatic carbocycles. The summed E-state index contributed by atoms with van der Waals surface area (Å²) in [4.78, 5) is 2.27. The minimum atomic E-state index is 0.194. The molecule has 0 aliphatic heterocycles. The summed E-state index contributed by atoms with van der Waals surface area (Å²) in [6.07, 6.45) is 2.14. The molecule has 1 unspecified atom stereocenters. The molecule has 2 heteroatoms. The highest BCUT2D eigenvalue weighted by Gasteiger charge is 2.13. The summed E-state index contributed by atoms with van der Waals surface area (Å²) in [5.41, 5.74) is 0.391. The van der Waals surface area contributed by atoms with E-state index in [2.05, 4.69) is 45.7 Å². The van der Waals surface area contributed by atoms with Crippen LogP contribution in [-0.4, -0.2) is 25.0 Å². The van der Waals surface area contributed by atoms with Gasteiger partial charge in [0.15, 0.2) is 0 Å². The lowest BCUT2D eigenvalue weighted by Crippen LogP contribution is -2.28. The van der Waals surface area contributed by atoms with Crippen molar-refractivity contribution in [2.45, 2.75) is 40.5 Å². The van der Waals surface area contributed by atoms with Crippen molar-refractivity contribution in [2.75, 3.05) is 20.1 Å². The molecule has 0 aromatic rings. The fraction of sp³-hybridized carbons (Fsp3) is 0.917. The second-order valence-corrected chi connectivity index (χ2v) is 5.31. The van der Waals surface area contributed by atoms with Crippen LogP contribution in [0.3, 0.4) is 0 Å². The Morgan fingerprint density at radius 2 is 1.93 bits per heavy atom. The summed E-state index contributed by atoms with van der Waals surface area (Å²) in [5, 5.41) is 8.83. The highest BCUT2D eigenvalue weighted by molar-refractivity contribution is 4.83. The zero-order chi connectivity index (χ0) is 11.2. The van der Waals surface area contributed by atoms with Gasteiger partial charge in [0.2, 0.25) is 0 Å². The Morgan fingerprint density at radius 3 is 2.29 bits per heavy atom. The third-order valence-corrected chi connectivity index (χ3v) is 2.45. The SMILES string of the molecule is CCC(C#N)CN(C)CCC(C)(C)C. The van der Waals surface area contributed by atoms with Gasteiger partial charge in [-0.3, -0.25) is 0 Å². The first-order chi connectivity index (χ1) is 6.39. The average molecular weight is 196 g/mol. The first kappa shape index (κ1) is 13.4. The number of hydrogen-bond donors (Lipinski definition) is 0. The predicted octanol–water partition coefficient (Wildman–Crippen LogP) is 2.90. The minimum absolute atomic E-state index is 0.194. The summed E-state index contributed by atoms with van der Waals surface area (Å²) >= 11 is 0. The van der Waals surface area contributed by atoms with Crippen molar-refractivity contribution in [3.05, 3.63) is 0 Å². The van der Waals surface area contributed by atoms with Gasteiger partial charge in [-0.2, -0.15) is 5.26 Å². The molecule has 0 rings (SSSR count). The number of hydrogen-bond acceptors (Lipinski definition) is 2. The zero-order valence-corrected chi connectivity index (χ0v) is 10.3. The van der Waals surface area contributed by atoms with Gasteiger partial charge in [0, 0.05) is 6.54 Å². The van der Waals surface area contributed by atoms with Crippen LogP contribution in [0, 0.1) is 22.7 Å². The standard InChI is InChI=1S/C12H24N2/c1-6-11(9-13)10-14(5)8-7-12(2,3)4/h11H,6-8,10H2,1-5H3. The fourth-order valence-electron chi connectivity index (χ4n) is 1.25. The molecule has 0 aliphatic rings. The summed E-state index contributed by atoms with van der Waals surface area (Å²) in [6, 6.07) is 2.34. The molecule has 0 N–H and O–H groups in total. The van der Waals surface area contributed by atoms with Crippen LogP contribution in [0.5, 0.6) is 0 Å². The fourth-order valence-corrected chi connectivity index (χ4v) is 1.25. The van der Waals surface area contributed by atoms with Gasteiger partial charge < -0.3 is 4.90 Å². The van der Waals surface area contributed by atoms with Gasteiger partial charge in [-0.1, -0.05) is 27.7 Å². The second-order valence-electron chi connectivity index (χ2n) is 5.31. The minimum Gasteiger partial charge on any atom is -0.305 e. The molecule has 0 bridgehead atoms. The summed E-state index contributed by atoms with van der Waals surface area (Å²) < 4.78 is 0. The first-order valence-corrected chi connectivity index (χ1v) is 5.47. The number of nitrogens with zero attached hydrogens (tertiary/aromatic N) is 2. The van der Waals surface area contributed by atoms with E-state index in [1.807, 2.05) is 0 Å². The van der Waals surface area contributed by atoms with Gasteiger partial charge in [-0.15, -0.1) is 0 Å². The molecule has 0 fully saturated rings. The Bertz CT molecular complexity index is 185. The Kier molecular flexibility index (Phi) is 5.79. The van der Waals surface area contributed by atoms with Crippen LogP contribution < -0.4 is 0 Å². The third kappa shape index (κ3) is 6.91. The molecule has 1 atom stereocenters. The smallest absolute Gasteiger partial charge is 0.0669 e. The van der Waals surface area contributed by atoms with Gasteiger partial charge in [0.1, 0.15) is 0 Å². The van der Waals surface area contributed by atoms with Gasteiger partial charge in [-0.25, -0.2) is 0 Å². The lowest BCUT2D eigenvalue weighted by molar-refractivity contribution is 0.247. The molecule has 0 aromatic heterocycles. The Balaban J connectivity index is 3.76. The van der Waals surface area contributed by atoms with E-state index in [4.69, 9.17) is 5.26 Å². The maximum atomic E-state index is 8.83. The molecular formula is C12H24N2. The van der Waals surface area contributed by atoms with Crippen molar-refractivity contribution in [1.82, 2.24) is 4.90 Å². The van der Waals surface area contributed by atoms with Gasteiger partial charge in [0.05, 0.1) is 12.0 Å². The predicted molar refractivity (Wildman–Crippen MR) is 61.0 cm³/mol. The molecule has 0 saturated carbocycles. The van der Waals surface area contributed by atoms with Crippen LogP contribution in [0.25, 0.3) is 0 Å². The van der Waals surface area contributed by atoms with Crippen LogP contribution >= 0.6 is 0 Å². The van der Waals surface area contributed by atoms with Crippen molar-refractivity contribution in [3.8, 4) is 6.07 Å². The lowest BCUT2D eigenvalue weighted by Gasteiger charge is -2.24. The molecule has 82 valence electrons. The average Bonchev–Trinajstić information content (AvgIpc) is 2.09. The molecule has 14 heavy (non-hydrogen) atoms. The van der Waals surface area contributed by atoms with Crippen LogP contribution in [0.15, 0.2) is 0 Å². The van der Waals surface area contributed by atoms with E-state index in [0.717, 1.165) is 19.5 Å². The Labute approximate surface area is 88.9 Å².